The van der Waals surface area contributed by atoms with Crippen molar-refractivity contribution in [2.45, 2.75) is 32.7 Å². The summed E-state index contributed by atoms with van der Waals surface area (Å²) in [4.78, 5) is 23.2. The third kappa shape index (κ3) is 4.34. The number of benzene rings is 1. The average molecular weight is 497 g/mol. The Hall–Kier alpha value is -3.52. The number of pyridine rings is 2. The maximum Gasteiger partial charge on any atom is 0.282 e. The van der Waals surface area contributed by atoms with Crippen LogP contribution in [0.1, 0.15) is 29.7 Å². The first-order valence-corrected chi connectivity index (χ1v) is 11.5. The highest BCUT2D eigenvalue weighted by atomic mass is 35.5. The summed E-state index contributed by atoms with van der Waals surface area (Å²) in [5, 5.41) is 4.06. The molecule has 0 spiro atoms. The third-order valence-corrected chi connectivity index (χ3v) is 6.35. The highest BCUT2D eigenvalue weighted by molar-refractivity contribution is 6.29. The van der Waals surface area contributed by atoms with Gasteiger partial charge in [0.2, 0.25) is 0 Å². The van der Waals surface area contributed by atoms with E-state index in [-0.39, 0.29) is 16.6 Å². The number of anilines is 2. The van der Waals surface area contributed by atoms with Crippen LogP contribution in [0, 0.1) is 13.8 Å². The van der Waals surface area contributed by atoms with Crippen LogP contribution >= 0.6 is 11.6 Å². The largest absolute Gasteiger partial charge is 0.455 e. The van der Waals surface area contributed by atoms with Crippen molar-refractivity contribution >= 4 is 34.1 Å². The smallest absolute Gasteiger partial charge is 0.282 e. The average Bonchev–Trinajstić information content (AvgIpc) is 2.81. The summed E-state index contributed by atoms with van der Waals surface area (Å²) in [6.45, 7) is 4.74. The zero-order valence-corrected chi connectivity index (χ0v) is 20.2. The third-order valence-electron chi connectivity index (χ3n) is 6.14. The van der Waals surface area contributed by atoms with E-state index in [1.165, 1.54) is 4.90 Å². The van der Waals surface area contributed by atoms with Gasteiger partial charge in [-0.05, 0) is 56.7 Å². The van der Waals surface area contributed by atoms with Gasteiger partial charge < -0.3 is 14.6 Å². The van der Waals surface area contributed by atoms with Gasteiger partial charge in [-0.25, -0.2) is 13.8 Å². The molecule has 35 heavy (non-hydrogen) atoms. The Labute approximate surface area is 205 Å². The minimum atomic E-state index is -2.75. The van der Waals surface area contributed by atoms with Gasteiger partial charge in [-0.2, -0.15) is 0 Å². The highest BCUT2D eigenvalue weighted by Gasteiger charge is 2.45. The Morgan fingerprint density at radius 1 is 1.20 bits per heavy atom. The maximum atomic E-state index is 13.5. The van der Waals surface area contributed by atoms with Crippen LogP contribution < -0.4 is 15.6 Å². The topological polar surface area (TPSA) is 71.3 Å². The number of hydrogen-bond donors (Lipinski definition) is 1. The SMILES string of the molecule is Cc1cc(C(C)Nc2ccc(Cl)nc2N2CC(F)(F)C2)c2oc(-c3cccnc3)c(C)c(=O)c2c1. The molecule has 1 fully saturated rings. The minimum absolute atomic E-state index is 0.112. The lowest BCUT2D eigenvalue weighted by atomic mass is 9.99. The Bertz CT molecular complexity index is 1480. The molecule has 5 rings (SSSR count). The van der Waals surface area contributed by atoms with E-state index in [1.54, 1.807) is 37.5 Å². The van der Waals surface area contributed by atoms with E-state index < -0.39 is 19.0 Å². The lowest BCUT2D eigenvalue weighted by Gasteiger charge is -2.40. The molecular formula is C26H23ClF2N4O2. The van der Waals surface area contributed by atoms with Crippen molar-refractivity contribution in [3.8, 4) is 11.3 Å². The van der Waals surface area contributed by atoms with E-state index in [1.807, 2.05) is 32.0 Å². The van der Waals surface area contributed by atoms with Gasteiger partial charge in [0.1, 0.15) is 16.5 Å². The van der Waals surface area contributed by atoms with E-state index in [4.69, 9.17) is 16.0 Å². The number of hydrogen-bond acceptors (Lipinski definition) is 6. The molecule has 1 unspecified atom stereocenters. The molecule has 0 aliphatic carbocycles. The molecule has 4 heterocycles. The molecule has 1 atom stereocenters. The van der Waals surface area contributed by atoms with Crippen molar-refractivity contribution in [2.75, 3.05) is 23.3 Å². The lowest BCUT2D eigenvalue weighted by molar-refractivity contribution is -0.0266. The van der Waals surface area contributed by atoms with Crippen molar-refractivity contribution in [2.24, 2.45) is 0 Å². The standard InChI is InChI=1S/C26H23ClF2N4O2/c1-14-9-18(16(3)31-20-6-7-21(27)32-25(20)33-12-26(28,29)13-33)24-19(10-14)22(34)15(2)23(35-24)17-5-4-8-30-11-17/h4-11,16,31H,12-13H2,1-3H3. The number of nitrogens with one attached hydrogen (secondary N) is 1. The molecule has 180 valence electrons. The second-order valence-corrected chi connectivity index (χ2v) is 9.33. The molecule has 9 heteroatoms. The number of rotatable bonds is 5. The van der Waals surface area contributed by atoms with Gasteiger partial charge in [-0.3, -0.25) is 9.78 Å². The number of halogens is 3. The molecule has 4 aromatic rings. The Morgan fingerprint density at radius 2 is 1.97 bits per heavy atom. The molecule has 0 amide bonds. The first-order valence-electron chi connectivity index (χ1n) is 11.2. The zero-order valence-electron chi connectivity index (χ0n) is 19.4. The fourth-order valence-corrected chi connectivity index (χ4v) is 4.56. The normalized spacial score (nSPS) is 15.7. The molecule has 1 aliphatic rings. The van der Waals surface area contributed by atoms with Gasteiger partial charge in [-0.1, -0.05) is 17.7 Å². The Balaban J connectivity index is 1.59. The van der Waals surface area contributed by atoms with Crippen LogP contribution in [0.15, 0.2) is 58.0 Å². The molecular weight excluding hydrogens is 474 g/mol. The summed E-state index contributed by atoms with van der Waals surface area (Å²) >= 11 is 6.07. The highest BCUT2D eigenvalue weighted by Crippen LogP contribution is 2.38. The summed E-state index contributed by atoms with van der Waals surface area (Å²) in [5.74, 6) is -1.92. The molecule has 1 N–H and O–H groups in total. The van der Waals surface area contributed by atoms with Crippen LogP contribution in [0.4, 0.5) is 20.3 Å². The second-order valence-electron chi connectivity index (χ2n) is 8.94. The number of nitrogens with zero attached hydrogens (tertiary/aromatic N) is 3. The summed E-state index contributed by atoms with van der Waals surface area (Å²) in [6, 6.07) is 10.4. The van der Waals surface area contributed by atoms with Gasteiger partial charge >= 0.3 is 0 Å². The number of fused-ring (bicyclic) bond motifs is 1. The minimum Gasteiger partial charge on any atom is -0.455 e. The van der Waals surface area contributed by atoms with E-state index in [2.05, 4.69) is 15.3 Å². The molecule has 0 bridgehead atoms. The van der Waals surface area contributed by atoms with Crippen LogP contribution in [-0.4, -0.2) is 29.0 Å². The van der Waals surface area contributed by atoms with Gasteiger partial charge in [0.15, 0.2) is 11.2 Å². The fraction of sp³-hybridized carbons (Fsp3) is 0.269. The first-order chi connectivity index (χ1) is 16.6. The first kappa shape index (κ1) is 23.2. The van der Waals surface area contributed by atoms with Crippen molar-refractivity contribution in [1.29, 1.82) is 0 Å². The molecule has 1 saturated heterocycles. The molecule has 6 nitrogen and oxygen atoms in total. The van der Waals surface area contributed by atoms with Crippen LogP contribution in [0.5, 0.6) is 0 Å². The van der Waals surface area contributed by atoms with Crippen molar-refractivity contribution in [1.82, 2.24) is 9.97 Å². The zero-order chi connectivity index (χ0) is 24.9. The second kappa shape index (κ2) is 8.61. The summed E-state index contributed by atoms with van der Waals surface area (Å²) in [5.41, 5.74) is 3.79. The van der Waals surface area contributed by atoms with Crippen molar-refractivity contribution in [3.05, 3.63) is 80.9 Å². The Kier molecular flexibility index (Phi) is 5.71. The number of alkyl halides is 2. The van der Waals surface area contributed by atoms with Crippen LogP contribution in [-0.2, 0) is 0 Å². The van der Waals surface area contributed by atoms with E-state index >= 15 is 0 Å². The molecule has 0 saturated carbocycles. The van der Waals surface area contributed by atoms with Crippen LogP contribution in [0.3, 0.4) is 0 Å². The van der Waals surface area contributed by atoms with E-state index in [0.29, 0.717) is 39.4 Å². The Morgan fingerprint density at radius 3 is 2.66 bits per heavy atom. The lowest BCUT2D eigenvalue weighted by Crippen LogP contribution is -2.56. The van der Waals surface area contributed by atoms with Gasteiger partial charge in [0.25, 0.3) is 5.92 Å². The van der Waals surface area contributed by atoms with Gasteiger partial charge in [0.05, 0.1) is 30.2 Å². The fourth-order valence-electron chi connectivity index (χ4n) is 4.41. The van der Waals surface area contributed by atoms with Crippen LogP contribution in [0.25, 0.3) is 22.3 Å². The summed E-state index contributed by atoms with van der Waals surface area (Å²) < 4.78 is 33.4. The molecule has 0 radical (unpaired) electrons. The van der Waals surface area contributed by atoms with E-state index in [0.717, 1.165) is 11.1 Å². The summed E-state index contributed by atoms with van der Waals surface area (Å²) in [6.07, 6.45) is 3.31. The van der Waals surface area contributed by atoms with Crippen molar-refractivity contribution in [3.63, 3.8) is 0 Å². The van der Waals surface area contributed by atoms with Gasteiger partial charge in [0, 0.05) is 29.1 Å². The monoisotopic (exact) mass is 496 g/mol. The quantitative estimate of drug-likeness (QED) is 0.334. The molecule has 1 aliphatic heterocycles. The van der Waals surface area contributed by atoms with Crippen LogP contribution in [0.2, 0.25) is 5.15 Å². The molecule has 1 aromatic carbocycles. The van der Waals surface area contributed by atoms with E-state index in [9.17, 15) is 13.6 Å². The predicted octanol–water partition coefficient (Wildman–Crippen LogP) is 6.15. The maximum absolute atomic E-state index is 13.5. The van der Waals surface area contributed by atoms with Gasteiger partial charge in [-0.15, -0.1) is 0 Å². The predicted molar refractivity (Wildman–Crippen MR) is 134 cm³/mol. The number of aromatic nitrogens is 2. The molecule has 3 aromatic heterocycles. The van der Waals surface area contributed by atoms with Crippen molar-refractivity contribution < 1.29 is 13.2 Å². The summed E-state index contributed by atoms with van der Waals surface area (Å²) in [7, 11) is 0. The number of aryl methyl sites for hydroxylation is 1.